The topological polar surface area (TPSA) is 79.0 Å². The summed E-state index contributed by atoms with van der Waals surface area (Å²) in [6.45, 7) is 2.48. The third kappa shape index (κ3) is 4.07. The van der Waals surface area contributed by atoms with Crippen LogP contribution in [0.3, 0.4) is 0 Å². The molecular formula is C24H22N4O2. The van der Waals surface area contributed by atoms with Crippen LogP contribution in [0, 0.1) is 6.92 Å². The van der Waals surface area contributed by atoms with Gasteiger partial charge in [-0.3, -0.25) is 4.79 Å². The molecule has 30 heavy (non-hydrogen) atoms. The van der Waals surface area contributed by atoms with Crippen molar-refractivity contribution in [3.8, 4) is 5.88 Å². The van der Waals surface area contributed by atoms with Crippen LogP contribution < -0.4 is 5.32 Å². The molecule has 6 heteroatoms. The van der Waals surface area contributed by atoms with Crippen LogP contribution in [-0.4, -0.2) is 22.1 Å². The number of carbonyl (C=O) groups is 1. The molecule has 0 aliphatic rings. The molecule has 2 N–H and O–H groups in total. The van der Waals surface area contributed by atoms with Crippen molar-refractivity contribution in [3.05, 3.63) is 90.0 Å². The Morgan fingerprint density at radius 1 is 0.967 bits per heavy atom. The Morgan fingerprint density at radius 3 is 2.47 bits per heavy atom. The van der Waals surface area contributed by atoms with E-state index in [9.17, 15) is 9.90 Å². The Morgan fingerprint density at radius 2 is 1.67 bits per heavy atom. The van der Waals surface area contributed by atoms with Crippen LogP contribution in [0.25, 0.3) is 10.9 Å². The molecule has 0 bridgehead atoms. The minimum absolute atomic E-state index is 0.0107. The normalized spacial score (nSPS) is 11.2. The molecule has 150 valence electrons. The number of rotatable bonds is 6. The number of hydrogen-bond acceptors (Lipinski definition) is 4. The lowest BCUT2D eigenvalue weighted by molar-refractivity contribution is -0.116. The van der Waals surface area contributed by atoms with Gasteiger partial charge in [0.25, 0.3) is 5.91 Å². The first-order chi connectivity index (χ1) is 14.6. The van der Waals surface area contributed by atoms with Gasteiger partial charge in [0, 0.05) is 11.1 Å². The summed E-state index contributed by atoms with van der Waals surface area (Å²) in [5, 5.41) is 22.5. The molecule has 0 saturated heterocycles. The molecule has 1 aromatic heterocycles. The highest BCUT2D eigenvalue weighted by atomic mass is 16.3. The molecular weight excluding hydrogens is 376 g/mol. The number of para-hydroxylation sites is 2. The van der Waals surface area contributed by atoms with Crippen molar-refractivity contribution < 1.29 is 9.90 Å². The third-order valence-corrected chi connectivity index (χ3v) is 4.94. The number of carbonyl (C=O) groups excluding carboxylic acids is 1. The van der Waals surface area contributed by atoms with Crippen LogP contribution in [0.4, 0.5) is 11.4 Å². The summed E-state index contributed by atoms with van der Waals surface area (Å²) in [5.74, 6) is -0.430. The standard InChI is InChI=1S/C24H22N4O2/c1-17-9-5-7-13-20(17)25-15-22(29)26-27-23-19-12-6-8-14-21(19)28(24(23)30)16-18-10-3-2-4-11-18/h2-14,25,30H,15-16H2,1H3. The number of fused-ring (bicyclic) bond motifs is 1. The highest BCUT2D eigenvalue weighted by molar-refractivity contribution is 5.95. The van der Waals surface area contributed by atoms with Crippen LogP contribution in [0.15, 0.2) is 89.1 Å². The number of benzene rings is 3. The van der Waals surface area contributed by atoms with Crippen LogP contribution in [0.5, 0.6) is 5.88 Å². The van der Waals surface area contributed by atoms with Gasteiger partial charge in [0.05, 0.1) is 18.6 Å². The van der Waals surface area contributed by atoms with E-state index < -0.39 is 5.91 Å². The molecule has 0 saturated carbocycles. The number of hydrogen-bond donors (Lipinski definition) is 2. The van der Waals surface area contributed by atoms with Crippen molar-refractivity contribution in [1.29, 1.82) is 0 Å². The van der Waals surface area contributed by atoms with Gasteiger partial charge in [-0.25, -0.2) is 0 Å². The average Bonchev–Trinajstić information content (AvgIpc) is 3.03. The summed E-state index contributed by atoms with van der Waals surface area (Å²) >= 11 is 0. The van der Waals surface area contributed by atoms with Crippen molar-refractivity contribution in [3.63, 3.8) is 0 Å². The van der Waals surface area contributed by atoms with Crippen molar-refractivity contribution in [1.82, 2.24) is 4.57 Å². The molecule has 6 nitrogen and oxygen atoms in total. The van der Waals surface area contributed by atoms with E-state index >= 15 is 0 Å². The Bertz CT molecular complexity index is 1210. The maximum absolute atomic E-state index is 12.2. The maximum atomic E-state index is 12.2. The van der Waals surface area contributed by atoms with Crippen LogP contribution in [0.2, 0.25) is 0 Å². The molecule has 4 rings (SSSR count). The Balaban J connectivity index is 1.57. The second-order valence-electron chi connectivity index (χ2n) is 7.02. The minimum atomic E-state index is -0.419. The van der Waals surface area contributed by atoms with Gasteiger partial charge in [-0.05, 0) is 30.2 Å². The zero-order valence-corrected chi connectivity index (χ0v) is 16.6. The smallest absolute Gasteiger partial charge is 0.283 e. The number of nitrogens with zero attached hydrogens (tertiary/aromatic N) is 3. The minimum Gasteiger partial charge on any atom is -0.493 e. The van der Waals surface area contributed by atoms with Gasteiger partial charge >= 0.3 is 0 Å². The molecule has 0 spiro atoms. The highest BCUT2D eigenvalue weighted by Crippen LogP contribution is 2.39. The van der Waals surface area contributed by atoms with E-state index in [0.29, 0.717) is 12.2 Å². The van der Waals surface area contributed by atoms with Crippen LogP contribution >= 0.6 is 0 Å². The molecule has 0 aliphatic heterocycles. The first-order valence-electron chi connectivity index (χ1n) is 9.71. The monoisotopic (exact) mass is 398 g/mol. The van der Waals surface area contributed by atoms with Crippen molar-refractivity contribution in [2.45, 2.75) is 13.5 Å². The number of nitrogens with one attached hydrogen (secondary N) is 1. The van der Waals surface area contributed by atoms with E-state index in [2.05, 4.69) is 15.5 Å². The fourth-order valence-corrected chi connectivity index (χ4v) is 3.38. The summed E-state index contributed by atoms with van der Waals surface area (Å²) in [4.78, 5) is 12.2. The predicted molar refractivity (Wildman–Crippen MR) is 118 cm³/mol. The van der Waals surface area contributed by atoms with E-state index in [1.165, 1.54) is 0 Å². The second kappa shape index (κ2) is 8.61. The molecule has 0 aliphatic carbocycles. The Kier molecular flexibility index (Phi) is 5.57. The number of aromatic hydroxyl groups is 1. The first kappa shape index (κ1) is 19.4. The van der Waals surface area contributed by atoms with Crippen molar-refractivity contribution in [2.24, 2.45) is 10.2 Å². The number of amides is 1. The van der Waals surface area contributed by atoms with E-state index in [4.69, 9.17) is 0 Å². The lowest BCUT2D eigenvalue weighted by Gasteiger charge is -2.07. The SMILES string of the molecule is Cc1ccccc1NCC(=O)N=Nc1c(O)n(Cc2ccccc2)c2ccccc12. The van der Waals surface area contributed by atoms with Gasteiger partial charge in [0.2, 0.25) is 5.88 Å². The molecule has 1 heterocycles. The number of anilines is 1. The molecule has 4 aromatic rings. The number of aromatic nitrogens is 1. The molecule has 0 radical (unpaired) electrons. The lowest BCUT2D eigenvalue weighted by atomic mass is 10.2. The van der Waals surface area contributed by atoms with E-state index in [1.54, 1.807) is 4.57 Å². The zero-order chi connectivity index (χ0) is 20.9. The zero-order valence-electron chi connectivity index (χ0n) is 16.6. The van der Waals surface area contributed by atoms with Gasteiger partial charge < -0.3 is 15.0 Å². The summed E-state index contributed by atoms with van der Waals surface area (Å²) in [7, 11) is 0. The van der Waals surface area contributed by atoms with E-state index in [1.807, 2.05) is 85.8 Å². The van der Waals surface area contributed by atoms with Gasteiger partial charge in [0.15, 0.2) is 5.69 Å². The lowest BCUT2D eigenvalue weighted by Crippen LogP contribution is -2.11. The number of azo groups is 1. The molecule has 1 amide bonds. The molecule has 0 atom stereocenters. The van der Waals surface area contributed by atoms with Crippen molar-refractivity contribution in [2.75, 3.05) is 11.9 Å². The molecule has 0 fully saturated rings. The van der Waals surface area contributed by atoms with Crippen LogP contribution in [0.1, 0.15) is 11.1 Å². The third-order valence-electron chi connectivity index (χ3n) is 4.94. The number of aryl methyl sites for hydroxylation is 1. The fourth-order valence-electron chi connectivity index (χ4n) is 3.38. The van der Waals surface area contributed by atoms with Gasteiger partial charge in [-0.2, -0.15) is 0 Å². The Hall–Kier alpha value is -3.93. The summed E-state index contributed by atoms with van der Waals surface area (Å²) in [5.41, 5.74) is 4.10. The summed E-state index contributed by atoms with van der Waals surface area (Å²) in [6.07, 6.45) is 0. The van der Waals surface area contributed by atoms with E-state index in [0.717, 1.165) is 27.7 Å². The summed E-state index contributed by atoms with van der Waals surface area (Å²) < 4.78 is 1.77. The quantitative estimate of drug-likeness (QED) is 0.425. The molecule has 3 aromatic carbocycles. The maximum Gasteiger partial charge on any atom is 0.283 e. The van der Waals surface area contributed by atoms with Crippen molar-refractivity contribution >= 4 is 28.2 Å². The summed E-state index contributed by atoms with van der Waals surface area (Å²) in [6, 6.07) is 25.1. The van der Waals surface area contributed by atoms with Gasteiger partial charge in [-0.1, -0.05) is 66.7 Å². The second-order valence-corrected chi connectivity index (χ2v) is 7.02. The van der Waals surface area contributed by atoms with E-state index in [-0.39, 0.29) is 12.4 Å². The first-order valence-corrected chi connectivity index (χ1v) is 9.71. The van der Waals surface area contributed by atoms with Gasteiger partial charge in [-0.15, -0.1) is 10.2 Å². The molecule has 0 unspecified atom stereocenters. The van der Waals surface area contributed by atoms with Gasteiger partial charge in [0.1, 0.15) is 0 Å². The Labute approximate surface area is 174 Å². The fraction of sp³-hybridized carbons (Fsp3) is 0.125. The average molecular weight is 398 g/mol. The largest absolute Gasteiger partial charge is 0.493 e. The highest BCUT2D eigenvalue weighted by Gasteiger charge is 2.17. The van der Waals surface area contributed by atoms with Crippen LogP contribution in [-0.2, 0) is 11.3 Å². The predicted octanol–water partition coefficient (Wildman–Crippen LogP) is 5.43.